The molecule has 0 saturated heterocycles. The predicted octanol–water partition coefficient (Wildman–Crippen LogP) is 1.90. The van der Waals surface area contributed by atoms with E-state index in [-0.39, 0.29) is 18.3 Å². The van der Waals surface area contributed by atoms with Crippen LogP contribution in [0.2, 0.25) is 5.02 Å². The Morgan fingerprint density at radius 3 is 2.64 bits per heavy atom. The molecule has 14 heavy (non-hydrogen) atoms. The molecule has 0 saturated carbocycles. The highest BCUT2D eigenvalue weighted by Gasteiger charge is 2.18. The van der Waals surface area contributed by atoms with Crippen molar-refractivity contribution in [1.29, 1.82) is 0 Å². The Labute approximate surface area is 87.5 Å². The molecule has 3 N–H and O–H groups in total. The average molecular weight is 218 g/mol. The smallest absolute Gasteiger partial charge is 0.124 e. The van der Waals surface area contributed by atoms with Crippen LogP contribution in [0.4, 0.5) is 4.39 Å². The molecule has 1 rings (SSSR count). The van der Waals surface area contributed by atoms with Gasteiger partial charge in [0.2, 0.25) is 0 Å². The lowest BCUT2D eigenvalue weighted by Gasteiger charge is -2.19. The summed E-state index contributed by atoms with van der Waals surface area (Å²) >= 11 is 5.84. The number of hydrogen-bond acceptors (Lipinski definition) is 2. The van der Waals surface area contributed by atoms with Crippen LogP contribution in [0, 0.1) is 5.82 Å². The Kier molecular flexibility index (Phi) is 3.86. The lowest BCUT2D eigenvalue weighted by molar-refractivity contribution is 0.164. The van der Waals surface area contributed by atoms with E-state index in [1.165, 1.54) is 12.1 Å². The standard InChI is InChI=1S/C10H13ClFNO/c1-6(14)9(5-13)8-3-2-7(12)4-10(8)11/h2-4,6,9,14H,5,13H2,1H3. The Balaban J connectivity index is 3.04. The number of halogens is 2. The molecule has 0 heterocycles. The van der Waals surface area contributed by atoms with Gasteiger partial charge in [0.25, 0.3) is 0 Å². The Hall–Kier alpha value is -0.640. The normalized spacial score (nSPS) is 15.2. The van der Waals surface area contributed by atoms with Crippen molar-refractivity contribution in [1.82, 2.24) is 0 Å². The van der Waals surface area contributed by atoms with Gasteiger partial charge in [0, 0.05) is 17.5 Å². The summed E-state index contributed by atoms with van der Waals surface area (Å²) in [7, 11) is 0. The molecule has 0 spiro atoms. The lowest BCUT2D eigenvalue weighted by Crippen LogP contribution is -2.23. The third-order valence-corrected chi connectivity index (χ3v) is 2.53. The highest BCUT2D eigenvalue weighted by molar-refractivity contribution is 6.31. The molecular formula is C10H13ClFNO. The average Bonchev–Trinajstić information content (AvgIpc) is 2.09. The summed E-state index contributed by atoms with van der Waals surface area (Å²) in [6, 6.07) is 4.09. The molecule has 0 aromatic heterocycles. The van der Waals surface area contributed by atoms with Crippen molar-refractivity contribution in [2.24, 2.45) is 5.73 Å². The van der Waals surface area contributed by atoms with Crippen LogP contribution in [0.1, 0.15) is 18.4 Å². The SMILES string of the molecule is CC(O)C(CN)c1ccc(F)cc1Cl. The quantitative estimate of drug-likeness (QED) is 0.813. The van der Waals surface area contributed by atoms with Crippen LogP contribution in [0.25, 0.3) is 0 Å². The largest absolute Gasteiger partial charge is 0.393 e. The zero-order valence-corrected chi connectivity index (χ0v) is 8.63. The van der Waals surface area contributed by atoms with Gasteiger partial charge in [0.15, 0.2) is 0 Å². The van der Waals surface area contributed by atoms with E-state index < -0.39 is 6.10 Å². The molecule has 78 valence electrons. The molecule has 2 nitrogen and oxygen atoms in total. The summed E-state index contributed by atoms with van der Waals surface area (Å²) in [5, 5.41) is 9.73. The summed E-state index contributed by atoms with van der Waals surface area (Å²) in [6.45, 7) is 1.92. The lowest BCUT2D eigenvalue weighted by atomic mass is 9.94. The maximum absolute atomic E-state index is 12.7. The van der Waals surface area contributed by atoms with E-state index in [2.05, 4.69) is 0 Å². The van der Waals surface area contributed by atoms with Gasteiger partial charge in [-0.05, 0) is 24.6 Å². The Bertz CT molecular complexity index is 317. The first kappa shape index (κ1) is 11.4. The number of rotatable bonds is 3. The molecule has 0 fully saturated rings. The first-order valence-corrected chi connectivity index (χ1v) is 4.77. The van der Waals surface area contributed by atoms with Crippen molar-refractivity contribution < 1.29 is 9.50 Å². The molecule has 2 atom stereocenters. The van der Waals surface area contributed by atoms with Crippen LogP contribution in [-0.4, -0.2) is 17.8 Å². The molecule has 4 heteroatoms. The second-order valence-electron chi connectivity index (χ2n) is 3.25. The van der Waals surface area contributed by atoms with Crippen LogP contribution in [0.3, 0.4) is 0 Å². The van der Waals surface area contributed by atoms with E-state index in [0.717, 1.165) is 0 Å². The molecule has 0 amide bonds. The van der Waals surface area contributed by atoms with Crippen molar-refractivity contribution >= 4 is 11.6 Å². The summed E-state index contributed by atoms with van der Waals surface area (Å²) in [5.74, 6) is -0.636. The van der Waals surface area contributed by atoms with Gasteiger partial charge in [0.1, 0.15) is 5.82 Å². The maximum Gasteiger partial charge on any atom is 0.124 e. The maximum atomic E-state index is 12.7. The molecule has 0 aliphatic rings. The predicted molar refractivity (Wildman–Crippen MR) is 54.9 cm³/mol. The van der Waals surface area contributed by atoms with Crippen LogP contribution >= 0.6 is 11.6 Å². The Morgan fingerprint density at radius 2 is 2.21 bits per heavy atom. The third kappa shape index (κ3) is 2.44. The zero-order chi connectivity index (χ0) is 10.7. The van der Waals surface area contributed by atoms with E-state index >= 15 is 0 Å². The number of aliphatic hydroxyl groups is 1. The minimum atomic E-state index is -0.594. The van der Waals surface area contributed by atoms with Crippen LogP contribution in [-0.2, 0) is 0 Å². The van der Waals surface area contributed by atoms with Gasteiger partial charge in [0.05, 0.1) is 6.10 Å². The molecule has 0 aliphatic heterocycles. The summed E-state index contributed by atoms with van der Waals surface area (Å²) < 4.78 is 12.7. The monoisotopic (exact) mass is 217 g/mol. The summed E-state index contributed by atoms with van der Waals surface area (Å²) in [6.07, 6.45) is -0.594. The van der Waals surface area contributed by atoms with Gasteiger partial charge in [-0.15, -0.1) is 0 Å². The fraction of sp³-hybridized carbons (Fsp3) is 0.400. The van der Waals surface area contributed by atoms with Crippen molar-refractivity contribution in [2.45, 2.75) is 18.9 Å². The van der Waals surface area contributed by atoms with E-state index in [1.54, 1.807) is 13.0 Å². The summed E-state index contributed by atoms with van der Waals surface area (Å²) in [5.41, 5.74) is 6.19. The van der Waals surface area contributed by atoms with Crippen molar-refractivity contribution in [3.63, 3.8) is 0 Å². The van der Waals surface area contributed by atoms with E-state index in [1.807, 2.05) is 0 Å². The first-order chi connectivity index (χ1) is 6.56. The van der Waals surface area contributed by atoms with Crippen molar-refractivity contribution in [2.75, 3.05) is 6.54 Å². The highest BCUT2D eigenvalue weighted by Crippen LogP contribution is 2.27. The molecule has 2 unspecified atom stereocenters. The molecule has 1 aromatic rings. The van der Waals surface area contributed by atoms with Gasteiger partial charge in [-0.3, -0.25) is 0 Å². The van der Waals surface area contributed by atoms with Gasteiger partial charge in [-0.1, -0.05) is 17.7 Å². The second kappa shape index (κ2) is 4.73. The van der Waals surface area contributed by atoms with E-state index in [9.17, 15) is 9.50 Å². The van der Waals surface area contributed by atoms with Crippen LogP contribution in [0.15, 0.2) is 18.2 Å². The van der Waals surface area contributed by atoms with Crippen molar-refractivity contribution in [3.05, 3.63) is 34.6 Å². The van der Waals surface area contributed by atoms with Gasteiger partial charge in [-0.2, -0.15) is 0 Å². The first-order valence-electron chi connectivity index (χ1n) is 4.39. The van der Waals surface area contributed by atoms with E-state index in [4.69, 9.17) is 17.3 Å². The Morgan fingerprint density at radius 1 is 1.57 bits per heavy atom. The second-order valence-corrected chi connectivity index (χ2v) is 3.66. The molecular weight excluding hydrogens is 205 g/mol. The van der Waals surface area contributed by atoms with Crippen LogP contribution < -0.4 is 5.73 Å². The summed E-state index contributed by atoms with van der Waals surface area (Å²) in [4.78, 5) is 0. The number of hydrogen-bond donors (Lipinski definition) is 2. The fourth-order valence-electron chi connectivity index (χ4n) is 1.39. The third-order valence-electron chi connectivity index (χ3n) is 2.20. The molecule has 0 aliphatic carbocycles. The number of benzene rings is 1. The number of nitrogens with two attached hydrogens (primary N) is 1. The van der Waals surface area contributed by atoms with Crippen LogP contribution in [0.5, 0.6) is 0 Å². The van der Waals surface area contributed by atoms with E-state index in [0.29, 0.717) is 10.6 Å². The molecule has 0 bridgehead atoms. The zero-order valence-electron chi connectivity index (χ0n) is 7.87. The number of aliphatic hydroxyl groups excluding tert-OH is 1. The molecule has 1 aromatic carbocycles. The topological polar surface area (TPSA) is 46.2 Å². The van der Waals surface area contributed by atoms with Crippen molar-refractivity contribution in [3.8, 4) is 0 Å². The minimum absolute atomic E-state index is 0.247. The highest BCUT2D eigenvalue weighted by atomic mass is 35.5. The van der Waals surface area contributed by atoms with Gasteiger partial charge < -0.3 is 10.8 Å². The van der Waals surface area contributed by atoms with Gasteiger partial charge in [-0.25, -0.2) is 4.39 Å². The fourth-order valence-corrected chi connectivity index (χ4v) is 1.69. The minimum Gasteiger partial charge on any atom is -0.393 e. The molecule has 0 radical (unpaired) electrons. The van der Waals surface area contributed by atoms with Gasteiger partial charge >= 0.3 is 0 Å².